The fraction of sp³-hybridized carbons (Fsp3) is 0.333. The minimum Gasteiger partial charge on any atom is -0.479 e. The summed E-state index contributed by atoms with van der Waals surface area (Å²) in [5.74, 6) is -3.09. The maximum Gasteiger partial charge on any atom is 0.490 e. The van der Waals surface area contributed by atoms with Gasteiger partial charge in [0.1, 0.15) is 5.75 Å². The van der Waals surface area contributed by atoms with Crippen LogP contribution in [-0.4, -0.2) is 34.4 Å². The predicted octanol–water partition coefficient (Wildman–Crippen LogP) is 2.56. The number of rotatable bonds is 4. The van der Waals surface area contributed by atoms with Crippen molar-refractivity contribution in [3.8, 4) is 5.75 Å². The van der Waals surface area contributed by atoms with Gasteiger partial charge in [-0.05, 0) is 18.6 Å². The molecular formula is C12H13F3O5. The van der Waals surface area contributed by atoms with Crippen LogP contribution in [0.5, 0.6) is 5.75 Å². The highest BCUT2D eigenvalue weighted by Gasteiger charge is 2.38. The molecule has 2 N–H and O–H groups in total. The van der Waals surface area contributed by atoms with E-state index < -0.39 is 24.2 Å². The average molecular weight is 294 g/mol. The lowest BCUT2D eigenvalue weighted by Gasteiger charge is -2.12. The molecule has 0 bridgehead atoms. The third-order valence-corrected chi connectivity index (χ3v) is 1.91. The van der Waals surface area contributed by atoms with Crippen LogP contribution in [0.3, 0.4) is 0 Å². The van der Waals surface area contributed by atoms with E-state index in [0.29, 0.717) is 12.2 Å². The number of carboxylic acid groups (broad SMARTS) is 2. The van der Waals surface area contributed by atoms with Gasteiger partial charge in [0, 0.05) is 0 Å². The zero-order chi connectivity index (χ0) is 15.8. The molecule has 1 aromatic carbocycles. The number of carbonyl (C=O) groups is 2. The first-order valence-corrected chi connectivity index (χ1v) is 5.43. The number of ether oxygens (including phenoxy) is 1. The molecule has 20 heavy (non-hydrogen) atoms. The maximum atomic E-state index is 10.6. The smallest absolute Gasteiger partial charge is 0.479 e. The number of hydrogen-bond acceptors (Lipinski definition) is 3. The first kappa shape index (κ1) is 17.8. The Balaban J connectivity index is 0.000000441. The molecule has 0 aliphatic carbocycles. The summed E-state index contributed by atoms with van der Waals surface area (Å²) in [5, 5.41) is 15.8. The molecule has 1 atom stereocenters. The molecule has 0 fully saturated rings. The van der Waals surface area contributed by atoms with Crippen LogP contribution in [0.25, 0.3) is 0 Å². The van der Waals surface area contributed by atoms with Crippen molar-refractivity contribution in [1.29, 1.82) is 0 Å². The first-order chi connectivity index (χ1) is 9.18. The van der Waals surface area contributed by atoms with Gasteiger partial charge in [-0.25, -0.2) is 9.59 Å². The van der Waals surface area contributed by atoms with E-state index in [9.17, 15) is 18.0 Å². The summed E-state index contributed by atoms with van der Waals surface area (Å²) in [7, 11) is 0. The standard InChI is InChI=1S/C10H12O3.C2HF3O2/c1-2-9(10(11)12)13-8-6-4-3-5-7-8;3-2(4,5)1(6)7/h3-7,9H,2H2,1H3,(H,11,12);(H,6,7). The zero-order valence-electron chi connectivity index (χ0n) is 10.4. The van der Waals surface area contributed by atoms with Crippen LogP contribution in [0.4, 0.5) is 13.2 Å². The molecule has 0 aromatic heterocycles. The number of hydrogen-bond donors (Lipinski definition) is 2. The predicted molar refractivity (Wildman–Crippen MR) is 62.5 cm³/mol. The Morgan fingerprint density at radius 1 is 1.20 bits per heavy atom. The molecule has 0 spiro atoms. The van der Waals surface area contributed by atoms with Gasteiger partial charge < -0.3 is 14.9 Å². The van der Waals surface area contributed by atoms with Crippen LogP contribution in [0.1, 0.15) is 13.3 Å². The van der Waals surface area contributed by atoms with Gasteiger partial charge in [0.2, 0.25) is 0 Å². The summed E-state index contributed by atoms with van der Waals surface area (Å²) < 4.78 is 37.0. The third kappa shape index (κ3) is 7.24. The van der Waals surface area contributed by atoms with Gasteiger partial charge >= 0.3 is 18.1 Å². The lowest BCUT2D eigenvalue weighted by atomic mass is 10.3. The second kappa shape index (κ2) is 8.03. The monoisotopic (exact) mass is 294 g/mol. The molecule has 1 unspecified atom stereocenters. The van der Waals surface area contributed by atoms with Crippen LogP contribution in [0, 0.1) is 0 Å². The Kier molecular flexibility index (Phi) is 7.12. The Morgan fingerprint density at radius 2 is 1.65 bits per heavy atom. The Hall–Kier alpha value is -2.25. The quantitative estimate of drug-likeness (QED) is 0.891. The van der Waals surface area contributed by atoms with Crippen LogP contribution < -0.4 is 4.74 Å². The van der Waals surface area contributed by atoms with Crippen molar-refractivity contribution in [2.45, 2.75) is 25.6 Å². The van der Waals surface area contributed by atoms with Gasteiger partial charge in [-0.1, -0.05) is 25.1 Å². The molecule has 0 radical (unpaired) electrons. The lowest BCUT2D eigenvalue weighted by molar-refractivity contribution is -0.192. The molecule has 0 heterocycles. The van der Waals surface area contributed by atoms with E-state index in [1.54, 1.807) is 19.1 Å². The average Bonchev–Trinajstić information content (AvgIpc) is 2.36. The number of alkyl halides is 3. The number of halogens is 3. The van der Waals surface area contributed by atoms with E-state index in [0.717, 1.165) is 0 Å². The molecule has 1 rings (SSSR count). The second-order valence-corrected chi connectivity index (χ2v) is 3.47. The Labute approximate surface area is 112 Å². The van der Waals surface area contributed by atoms with Gasteiger partial charge in [-0.2, -0.15) is 13.2 Å². The lowest BCUT2D eigenvalue weighted by Crippen LogP contribution is -2.25. The molecule has 0 saturated carbocycles. The van der Waals surface area contributed by atoms with Crippen LogP contribution in [0.15, 0.2) is 30.3 Å². The Bertz CT molecular complexity index is 430. The molecule has 1 aromatic rings. The minimum atomic E-state index is -5.08. The fourth-order valence-electron chi connectivity index (χ4n) is 0.972. The van der Waals surface area contributed by atoms with Crippen LogP contribution in [-0.2, 0) is 9.59 Å². The molecular weight excluding hydrogens is 281 g/mol. The van der Waals surface area contributed by atoms with Crippen molar-refractivity contribution in [3.63, 3.8) is 0 Å². The highest BCUT2D eigenvalue weighted by atomic mass is 19.4. The third-order valence-electron chi connectivity index (χ3n) is 1.91. The van der Waals surface area contributed by atoms with Crippen LogP contribution in [0.2, 0.25) is 0 Å². The van der Waals surface area contributed by atoms with Crippen LogP contribution >= 0.6 is 0 Å². The molecule has 8 heteroatoms. The number of benzene rings is 1. The van der Waals surface area contributed by atoms with Crippen molar-refractivity contribution in [1.82, 2.24) is 0 Å². The highest BCUT2D eigenvalue weighted by Crippen LogP contribution is 2.13. The molecule has 0 amide bonds. The number of para-hydroxylation sites is 1. The highest BCUT2D eigenvalue weighted by molar-refractivity contribution is 5.73. The number of carboxylic acids is 2. The van der Waals surface area contributed by atoms with E-state index in [4.69, 9.17) is 19.7 Å². The summed E-state index contributed by atoms with van der Waals surface area (Å²) in [6.45, 7) is 1.78. The molecule has 5 nitrogen and oxygen atoms in total. The van der Waals surface area contributed by atoms with Gasteiger partial charge in [0.15, 0.2) is 6.10 Å². The zero-order valence-corrected chi connectivity index (χ0v) is 10.4. The van der Waals surface area contributed by atoms with E-state index in [2.05, 4.69) is 0 Å². The molecule has 0 aliphatic rings. The van der Waals surface area contributed by atoms with E-state index in [-0.39, 0.29) is 0 Å². The topological polar surface area (TPSA) is 83.8 Å². The summed E-state index contributed by atoms with van der Waals surface area (Å²) in [5.41, 5.74) is 0. The van der Waals surface area contributed by atoms with Gasteiger partial charge in [0.05, 0.1) is 0 Å². The summed E-state index contributed by atoms with van der Waals surface area (Å²) in [6.07, 6.45) is -5.37. The minimum absolute atomic E-state index is 0.463. The second-order valence-electron chi connectivity index (χ2n) is 3.47. The largest absolute Gasteiger partial charge is 0.490 e. The number of aliphatic carboxylic acids is 2. The SMILES string of the molecule is CCC(Oc1ccccc1)C(=O)O.O=C(O)C(F)(F)F. The Morgan fingerprint density at radius 3 is 1.95 bits per heavy atom. The van der Waals surface area contributed by atoms with Crippen molar-refractivity contribution in [2.24, 2.45) is 0 Å². The normalized spacial score (nSPS) is 11.8. The maximum absolute atomic E-state index is 10.6. The summed E-state index contributed by atoms with van der Waals surface area (Å²) >= 11 is 0. The van der Waals surface area contributed by atoms with Gasteiger partial charge in [0.25, 0.3) is 0 Å². The van der Waals surface area contributed by atoms with E-state index in [1.165, 1.54) is 0 Å². The van der Waals surface area contributed by atoms with Gasteiger partial charge in [-0.3, -0.25) is 0 Å². The first-order valence-electron chi connectivity index (χ1n) is 5.43. The fourth-order valence-corrected chi connectivity index (χ4v) is 0.972. The van der Waals surface area contributed by atoms with E-state index in [1.807, 2.05) is 18.2 Å². The van der Waals surface area contributed by atoms with Crippen molar-refractivity contribution in [2.75, 3.05) is 0 Å². The van der Waals surface area contributed by atoms with Gasteiger partial charge in [-0.15, -0.1) is 0 Å². The summed E-state index contributed by atoms with van der Waals surface area (Å²) in [6, 6.07) is 8.96. The molecule has 0 saturated heterocycles. The van der Waals surface area contributed by atoms with Crippen molar-refractivity contribution >= 4 is 11.9 Å². The van der Waals surface area contributed by atoms with Crippen molar-refractivity contribution < 1.29 is 37.7 Å². The molecule has 112 valence electrons. The van der Waals surface area contributed by atoms with E-state index >= 15 is 0 Å². The van der Waals surface area contributed by atoms with Crippen molar-refractivity contribution in [3.05, 3.63) is 30.3 Å². The summed E-state index contributed by atoms with van der Waals surface area (Å²) in [4.78, 5) is 19.5. The molecule has 0 aliphatic heterocycles.